The summed E-state index contributed by atoms with van der Waals surface area (Å²) in [5.74, 6) is 0.721. The van der Waals surface area contributed by atoms with E-state index in [0.29, 0.717) is 34.0 Å². The van der Waals surface area contributed by atoms with Crippen LogP contribution in [0.5, 0.6) is 0 Å². The predicted octanol–water partition coefficient (Wildman–Crippen LogP) is 3.91. The molecule has 2 aromatic carbocycles. The minimum Gasteiger partial charge on any atom is -0.460 e. The zero-order valence-electron chi connectivity index (χ0n) is 17.8. The number of anilines is 1. The number of nitrogens with zero attached hydrogens (tertiary/aromatic N) is 2. The summed E-state index contributed by atoms with van der Waals surface area (Å²) in [5, 5.41) is 7.34. The molecule has 0 fully saturated rings. The largest absolute Gasteiger partial charge is 0.460 e. The lowest BCUT2D eigenvalue weighted by Gasteiger charge is -2.10. The fraction of sp³-hybridized carbons (Fsp3) is 0.130. The van der Waals surface area contributed by atoms with E-state index in [2.05, 4.69) is 15.1 Å². The van der Waals surface area contributed by atoms with E-state index in [9.17, 15) is 13.2 Å². The lowest BCUT2D eigenvalue weighted by molar-refractivity contribution is 0.102. The molecule has 1 amide bonds. The minimum absolute atomic E-state index is 0.0969. The van der Waals surface area contributed by atoms with Crippen molar-refractivity contribution in [2.75, 3.05) is 12.4 Å². The second-order valence-corrected chi connectivity index (χ2v) is 9.08. The van der Waals surface area contributed by atoms with Crippen LogP contribution in [0.25, 0.3) is 17.1 Å². The first-order valence-corrected chi connectivity index (χ1v) is 11.3. The first-order valence-electron chi connectivity index (χ1n) is 9.86. The Kier molecular flexibility index (Phi) is 5.68. The third kappa shape index (κ3) is 4.20. The predicted molar refractivity (Wildman–Crippen MR) is 121 cm³/mol. The van der Waals surface area contributed by atoms with E-state index in [1.165, 1.54) is 13.1 Å². The van der Waals surface area contributed by atoms with E-state index in [1.807, 2.05) is 37.3 Å². The van der Waals surface area contributed by atoms with Gasteiger partial charge in [0.1, 0.15) is 11.5 Å². The smallest absolute Gasteiger partial charge is 0.259 e. The molecule has 0 aliphatic rings. The highest BCUT2D eigenvalue weighted by Crippen LogP contribution is 2.27. The molecule has 8 nitrogen and oxygen atoms in total. The van der Waals surface area contributed by atoms with Gasteiger partial charge in [-0.25, -0.2) is 17.8 Å². The van der Waals surface area contributed by atoms with E-state index >= 15 is 0 Å². The number of aromatic nitrogens is 2. The molecule has 0 aliphatic heterocycles. The third-order valence-corrected chi connectivity index (χ3v) is 6.51. The molecular formula is C23H22N4O4S. The van der Waals surface area contributed by atoms with Crippen molar-refractivity contribution < 1.29 is 17.6 Å². The number of benzene rings is 2. The molecule has 9 heteroatoms. The molecule has 0 unspecified atom stereocenters. The Labute approximate surface area is 185 Å². The molecule has 0 saturated carbocycles. The van der Waals surface area contributed by atoms with Crippen LogP contribution in [0.15, 0.2) is 76.2 Å². The monoisotopic (exact) mass is 450 g/mol. The maximum atomic E-state index is 13.2. The molecule has 0 aliphatic carbocycles. The summed E-state index contributed by atoms with van der Waals surface area (Å²) in [6.45, 7) is 3.50. The van der Waals surface area contributed by atoms with E-state index < -0.39 is 15.9 Å². The van der Waals surface area contributed by atoms with Crippen molar-refractivity contribution in [3.8, 4) is 17.1 Å². The van der Waals surface area contributed by atoms with Crippen molar-refractivity contribution in [3.05, 3.63) is 83.7 Å². The molecular weight excluding hydrogens is 428 g/mol. The van der Waals surface area contributed by atoms with Gasteiger partial charge in [-0.3, -0.25) is 4.79 Å². The molecule has 4 rings (SSSR count). The molecule has 2 heterocycles. The van der Waals surface area contributed by atoms with Crippen molar-refractivity contribution in [1.29, 1.82) is 0 Å². The summed E-state index contributed by atoms with van der Waals surface area (Å²) in [6, 6.07) is 17.7. The second-order valence-electron chi connectivity index (χ2n) is 7.22. The summed E-state index contributed by atoms with van der Waals surface area (Å²) < 4.78 is 34.2. The number of amides is 1. The van der Waals surface area contributed by atoms with Gasteiger partial charge in [-0.1, -0.05) is 24.3 Å². The van der Waals surface area contributed by atoms with Crippen LogP contribution >= 0.6 is 0 Å². The highest BCUT2D eigenvalue weighted by atomic mass is 32.2. The topological polar surface area (TPSA) is 106 Å². The summed E-state index contributed by atoms with van der Waals surface area (Å²) in [7, 11) is -2.32. The summed E-state index contributed by atoms with van der Waals surface area (Å²) in [6.07, 6.45) is 1.62. The molecule has 0 atom stereocenters. The van der Waals surface area contributed by atoms with Crippen molar-refractivity contribution in [1.82, 2.24) is 14.5 Å². The standard InChI is InChI=1S/C23H22N4O4S/c1-15-9-11-17(13-21(15)32(29,30)24-3)25-23(28)19-14-27(18-7-5-4-6-8-18)26-22(19)20-12-10-16(2)31-20/h4-14,24H,1-3H3,(H,25,28). The Hall–Kier alpha value is -3.69. The van der Waals surface area contributed by atoms with Crippen LogP contribution in [0.1, 0.15) is 21.7 Å². The van der Waals surface area contributed by atoms with Gasteiger partial charge < -0.3 is 9.73 Å². The van der Waals surface area contributed by atoms with Crippen LogP contribution in [0.3, 0.4) is 0 Å². The molecule has 0 bridgehead atoms. The van der Waals surface area contributed by atoms with Crippen LogP contribution in [0.2, 0.25) is 0 Å². The van der Waals surface area contributed by atoms with Gasteiger partial charge in [0.2, 0.25) is 10.0 Å². The Morgan fingerprint density at radius 3 is 2.44 bits per heavy atom. The summed E-state index contributed by atoms with van der Waals surface area (Å²) in [5.41, 5.74) is 2.38. The van der Waals surface area contributed by atoms with Crippen molar-refractivity contribution in [3.63, 3.8) is 0 Å². The van der Waals surface area contributed by atoms with E-state index in [-0.39, 0.29) is 4.90 Å². The van der Waals surface area contributed by atoms with Crippen LogP contribution in [0.4, 0.5) is 5.69 Å². The first kappa shape index (κ1) is 21.5. The molecule has 0 spiro atoms. The van der Waals surface area contributed by atoms with Gasteiger partial charge in [0.15, 0.2) is 5.76 Å². The fourth-order valence-corrected chi connectivity index (χ4v) is 4.27. The molecule has 4 aromatic rings. The van der Waals surface area contributed by atoms with Crippen molar-refractivity contribution in [2.24, 2.45) is 0 Å². The normalized spacial score (nSPS) is 11.5. The molecule has 2 N–H and O–H groups in total. The van der Waals surface area contributed by atoms with Crippen molar-refractivity contribution in [2.45, 2.75) is 18.7 Å². The first-order chi connectivity index (χ1) is 15.3. The minimum atomic E-state index is -3.66. The third-order valence-electron chi connectivity index (χ3n) is 4.96. The number of aryl methyl sites for hydroxylation is 2. The lowest BCUT2D eigenvalue weighted by atomic mass is 10.2. The van der Waals surface area contributed by atoms with Gasteiger partial charge in [0.05, 0.1) is 16.1 Å². The average molecular weight is 451 g/mol. The number of nitrogens with one attached hydrogen (secondary N) is 2. The number of para-hydroxylation sites is 1. The van der Waals surface area contributed by atoms with Gasteiger partial charge >= 0.3 is 0 Å². The van der Waals surface area contributed by atoms with Crippen LogP contribution in [-0.2, 0) is 10.0 Å². The Morgan fingerprint density at radius 2 is 1.78 bits per heavy atom. The van der Waals surface area contributed by atoms with Crippen LogP contribution < -0.4 is 10.0 Å². The Morgan fingerprint density at radius 1 is 1.03 bits per heavy atom. The molecule has 0 radical (unpaired) electrons. The number of carbonyl (C=O) groups excluding carboxylic acids is 1. The fourth-order valence-electron chi connectivity index (χ4n) is 3.27. The summed E-state index contributed by atoms with van der Waals surface area (Å²) >= 11 is 0. The van der Waals surface area contributed by atoms with E-state index in [1.54, 1.807) is 42.1 Å². The van der Waals surface area contributed by atoms with E-state index in [4.69, 9.17) is 4.42 Å². The van der Waals surface area contributed by atoms with Crippen LogP contribution in [0, 0.1) is 13.8 Å². The Balaban J connectivity index is 1.74. The van der Waals surface area contributed by atoms with E-state index in [0.717, 1.165) is 5.69 Å². The quantitative estimate of drug-likeness (QED) is 0.463. The molecule has 2 aromatic heterocycles. The van der Waals surface area contributed by atoms with Gasteiger partial charge in [-0.05, 0) is 62.9 Å². The van der Waals surface area contributed by atoms with Gasteiger partial charge in [0.25, 0.3) is 5.91 Å². The number of hydrogen-bond donors (Lipinski definition) is 2. The van der Waals surface area contributed by atoms with Gasteiger partial charge in [0, 0.05) is 11.9 Å². The highest BCUT2D eigenvalue weighted by Gasteiger charge is 2.22. The highest BCUT2D eigenvalue weighted by molar-refractivity contribution is 7.89. The number of rotatable bonds is 6. The zero-order valence-corrected chi connectivity index (χ0v) is 18.6. The molecule has 32 heavy (non-hydrogen) atoms. The molecule has 164 valence electrons. The number of carbonyl (C=O) groups is 1. The Bertz CT molecular complexity index is 1390. The van der Waals surface area contributed by atoms with Crippen molar-refractivity contribution >= 4 is 21.6 Å². The maximum absolute atomic E-state index is 13.2. The SMILES string of the molecule is CNS(=O)(=O)c1cc(NC(=O)c2cn(-c3ccccc3)nc2-c2ccc(C)o2)ccc1C. The maximum Gasteiger partial charge on any atom is 0.259 e. The second kappa shape index (κ2) is 8.45. The number of furan rings is 1. The number of hydrogen-bond acceptors (Lipinski definition) is 5. The average Bonchev–Trinajstić information content (AvgIpc) is 3.42. The van der Waals surface area contributed by atoms with Gasteiger partial charge in [-0.2, -0.15) is 5.10 Å². The lowest BCUT2D eigenvalue weighted by Crippen LogP contribution is -2.20. The zero-order chi connectivity index (χ0) is 22.9. The number of sulfonamides is 1. The molecule has 0 saturated heterocycles. The van der Waals surface area contributed by atoms with Crippen LogP contribution in [-0.4, -0.2) is 31.2 Å². The summed E-state index contributed by atoms with van der Waals surface area (Å²) in [4.78, 5) is 13.3. The van der Waals surface area contributed by atoms with Gasteiger partial charge in [-0.15, -0.1) is 0 Å².